The fourth-order valence-electron chi connectivity index (χ4n) is 4.43. The fraction of sp³-hybridized carbons (Fsp3) is 0.500. The van der Waals surface area contributed by atoms with Crippen LogP contribution in [0.1, 0.15) is 97.0 Å². The van der Waals surface area contributed by atoms with E-state index in [0.29, 0.717) is 0 Å². The van der Waals surface area contributed by atoms with Gasteiger partial charge in [0.05, 0.1) is 6.10 Å². The van der Waals surface area contributed by atoms with Crippen molar-refractivity contribution < 1.29 is 4.74 Å². The average Bonchev–Trinajstić information content (AvgIpc) is 2.90. The summed E-state index contributed by atoms with van der Waals surface area (Å²) in [6, 6.07) is 17.0. The van der Waals surface area contributed by atoms with E-state index in [1.165, 1.54) is 80.9 Å². The maximum atomic E-state index is 6.10. The first kappa shape index (κ1) is 26.9. The molecule has 0 fully saturated rings. The lowest BCUT2D eigenvalue weighted by atomic mass is 10.0. The minimum Gasteiger partial charge on any atom is -0.491 e. The van der Waals surface area contributed by atoms with E-state index in [4.69, 9.17) is 4.74 Å². The van der Waals surface area contributed by atoms with Crippen molar-refractivity contribution in [1.29, 1.82) is 0 Å². The highest BCUT2D eigenvalue weighted by Gasteiger charge is 2.06. The third kappa shape index (κ3) is 9.47. The first-order valence-electron chi connectivity index (χ1n) is 13.9. The maximum Gasteiger partial charge on any atom is 0.159 e. The second kappa shape index (κ2) is 15.3. The molecule has 1 heterocycles. The first-order valence-corrected chi connectivity index (χ1v) is 13.9. The highest BCUT2D eigenvalue weighted by Crippen LogP contribution is 2.26. The third-order valence-electron chi connectivity index (χ3n) is 6.66. The Morgan fingerprint density at radius 1 is 0.629 bits per heavy atom. The summed E-state index contributed by atoms with van der Waals surface area (Å²) in [4.78, 5) is 9.25. The summed E-state index contributed by atoms with van der Waals surface area (Å²) in [6.45, 7) is 6.68. The van der Waals surface area contributed by atoms with Crippen LogP contribution in [0.15, 0.2) is 60.9 Å². The van der Waals surface area contributed by atoms with Crippen molar-refractivity contribution >= 4 is 0 Å². The van der Waals surface area contributed by atoms with Crippen LogP contribution >= 0.6 is 0 Å². The Labute approximate surface area is 213 Å². The molecule has 0 aliphatic heterocycles. The van der Waals surface area contributed by atoms with Gasteiger partial charge < -0.3 is 4.74 Å². The number of hydrogen-bond donors (Lipinski definition) is 0. The van der Waals surface area contributed by atoms with Gasteiger partial charge >= 0.3 is 0 Å². The Hall–Kier alpha value is -2.68. The quantitative estimate of drug-likeness (QED) is 0.195. The van der Waals surface area contributed by atoms with E-state index < -0.39 is 0 Å². The largest absolute Gasteiger partial charge is 0.491 e. The highest BCUT2D eigenvalue weighted by molar-refractivity contribution is 5.68. The Balaban J connectivity index is 1.48. The summed E-state index contributed by atoms with van der Waals surface area (Å²) in [7, 11) is 0. The predicted molar refractivity (Wildman–Crippen MR) is 149 cm³/mol. The van der Waals surface area contributed by atoms with E-state index in [1.807, 2.05) is 12.4 Å². The van der Waals surface area contributed by atoms with Crippen LogP contribution < -0.4 is 4.74 Å². The monoisotopic (exact) mass is 472 g/mol. The van der Waals surface area contributed by atoms with Crippen molar-refractivity contribution in [3.05, 3.63) is 66.5 Å². The first-order chi connectivity index (χ1) is 17.2. The highest BCUT2D eigenvalue weighted by atomic mass is 16.5. The van der Waals surface area contributed by atoms with Crippen LogP contribution in [0, 0.1) is 0 Å². The normalized spacial score (nSPS) is 12.0. The molecular weight excluding hydrogens is 428 g/mol. The van der Waals surface area contributed by atoms with E-state index in [2.05, 4.69) is 79.3 Å². The summed E-state index contributed by atoms with van der Waals surface area (Å²) in [5, 5.41) is 0. The number of aromatic nitrogens is 2. The van der Waals surface area contributed by atoms with Crippen molar-refractivity contribution in [1.82, 2.24) is 9.97 Å². The molecule has 3 rings (SSSR count). The molecule has 0 amide bonds. The average molecular weight is 473 g/mol. The second-order valence-corrected chi connectivity index (χ2v) is 9.81. The van der Waals surface area contributed by atoms with Crippen molar-refractivity contribution in [2.45, 2.75) is 104 Å². The minimum absolute atomic E-state index is 0.258. The molecule has 2 aromatic carbocycles. The van der Waals surface area contributed by atoms with E-state index in [9.17, 15) is 0 Å². The standard InChI is InChI=1S/C32H44N2O/c1-4-6-8-10-11-13-15-27-24-33-32(34-25-27)30-18-16-28(17-19-30)29-20-22-31(23-21-29)35-26(3)14-12-9-7-5-2/h16-26H,4-15H2,1-3H3. The molecule has 0 spiro atoms. The molecule has 0 saturated heterocycles. The van der Waals surface area contributed by atoms with Gasteiger partial charge in [0.15, 0.2) is 5.82 Å². The molecule has 3 aromatic rings. The number of nitrogens with zero attached hydrogens (tertiary/aromatic N) is 2. The summed E-state index contributed by atoms with van der Waals surface area (Å²) >= 11 is 0. The number of rotatable bonds is 16. The molecule has 0 aliphatic rings. The Bertz CT molecular complexity index is 948. The molecule has 188 valence electrons. The predicted octanol–water partition coefficient (Wildman–Crippen LogP) is 9.45. The molecular formula is C32H44N2O. The zero-order chi connectivity index (χ0) is 24.7. The van der Waals surface area contributed by atoms with Crippen molar-refractivity contribution in [3.8, 4) is 28.3 Å². The van der Waals surface area contributed by atoms with Gasteiger partial charge in [-0.1, -0.05) is 102 Å². The Morgan fingerprint density at radius 3 is 1.77 bits per heavy atom. The molecule has 0 bridgehead atoms. The van der Waals surface area contributed by atoms with E-state index in [0.717, 1.165) is 30.0 Å². The number of benzene rings is 2. The molecule has 0 radical (unpaired) electrons. The number of hydrogen-bond acceptors (Lipinski definition) is 3. The van der Waals surface area contributed by atoms with Crippen LogP contribution in [0.4, 0.5) is 0 Å². The molecule has 0 N–H and O–H groups in total. The smallest absolute Gasteiger partial charge is 0.159 e. The van der Waals surface area contributed by atoms with E-state index in [-0.39, 0.29) is 6.10 Å². The third-order valence-corrected chi connectivity index (χ3v) is 6.66. The SMILES string of the molecule is CCCCCCCCc1cnc(-c2ccc(-c3ccc(OC(C)CCCCCC)cc3)cc2)nc1. The maximum absolute atomic E-state index is 6.10. The molecule has 0 saturated carbocycles. The van der Waals surface area contributed by atoms with Crippen LogP contribution in [0.2, 0.25) is 0 Å². The lowest BCUT2D eigenvalue weighted by Gasteiger charge is -2.15. The van der Waals surface area contributed by atoms with Crippen LogP contribution in [-0.2, 0) is 6.42 Å². The van der Waals surface area contributed by atoms with Crippen LogP contribution in [-0.4, -0.2) is 16.1 Å². The van der Waals surface area contributed by atoms with Gasteiger partial charge in [0.1, 0.15) is 5.75 Å². The second-order valence-electron chi connectivity index (χ2n) is 9.81. The van der Waals surface area contributed by atoms with Crippen molar-refractivity contribution in [2.75, 3.05) is 0 Å². The topological polar surface area (TPSA) is 35.0 Å². The molecule has 1 atom stereocenters. The zero-order valence-electron chi connectivity index (χ0n) is 22.1. The summed E-state index contributed by atoms with van der Waals surface area (Å²) in [5.41, 5.74) is 4.66. The van der Waals surface area contributed by atoms with Crippen LogP contribution in [0.25, 0.3) is 22.5 Å². The molecule has 1 unspecified atom stereocenters. The van der Waals surface area contributed by atoms with Crippen LogP contribution in [0.3, 0.4) is 0 Å². The number of unbranched alkanes of at least 4 members (excludes halogenated alkanes) is 8. The van der Waals surface area contributed by atoms with E-state index >= 15 is 0 Å². The van der Waals surface area contributed by atoms with Crippen molar-refractivity contribution in [2.24, 2.45) is 0 Å². The fourth-order valence-corrected chi connectivity index (χ4v) is 4.43. The molecule has 3 heteroatoms. The van der Waals surface area contributed by atoms with Gasteiger partial charge in [-0.3, -0.25) is 0 Å². The van der Waals surface area contributed by atoms with Gasteiger partial charge in [0.2, 0.25) is 0 Å². The minimum atomic E-state index is 0.258. The van der Waals surface area contributed by atoms with Gasteiger partial charge in [-0.05, 0) is 61.4 Å². The molecule has 35 heavy (non-hydrogen) atoms. The molecule has 0 aliphatic carbocycles. The van der Waals surface area contributed by atoms with Crippen molar-refractivity contribution in [3.63, 3.8) is 0 Å². The lowest BCUT2D eigenvalue weighted by molar-refractivity contribution is 0.206. The van der Waals surface area contributed by atoms with Gasteiger partial charge in [-0.15, -0.1) is 0 Å². The zero-order valence-corrected chi connectivity index (χ0v) is 22.1. The summed E-state index contributed by atoms with van der Waals surface area (Å²) in [5.74, 6) is 1.74. The van der Waals surface area contributed by atoms with Gasteiger partial charge in [0, 0.05) is 18.0 Å². The van der Waals surface area contributed by atoms with Crippen LogP contribution in [0.5, 0.6) is 5.75 Å². The van der Waals surface area contributed by atoms with Gasteiger partial charge in [-0.2, -0.15) is 0 Å². The molecule has 1 aromatic heterocycles. The number of ether oxygens (including phenoxy) is 1. The molecule has 3 nitrogen and oxygen atoms in total. The van der Waals surface area contributed by atoms with E-state index in [1.54, 1.807) is 0 Å². The lowest BCUT2D eigenvalue weighted by Crippen LogP contribution is -2.11. The number of aryl methyl sites for hydroxylation is 1. The Kier molecular flexibility index (Phi) is 11.8. The summed E-state index contributed by atoms with van der Waals surface area (Å²) in [6.07, 6.45) is 19.4. The van der Waals surface area contributed by atoms with Gasteiger partial charge in [-0.25, -0.2) is 9.97 Å². The Morgan fingerprint density at radius 2 is 1.14 bits per heavy atom. The summed E-state index contributed by atoms with van der Waals surface area (Å²) < 4.78 is 6.10. The van der Waals surface area contributed by atoms with Gasteiger partial charge in [0.25, 0.3) is 0 Å².